The van der Waals surface area contributed by atoms with Gasteiger partial charge in [0.1, 0.15) is 10.7 Å². The van der Waals surface area contributed by atoms with Gasteiger partial charge in [0.05, 0.1) is 5.69 Å². The average Bonchev–Trinajstić information content (AvgIpc) is 2.53. The van der Waals surface area contributed by atoms with Crippen molar-refractivity contribution >= 4 is 28.8 Å². The van der Waals surface area contributed by atoms with E-state index >= 15 is 0 Å². The minimum absolute atomic E-state index is 0.0746. The van der Waals surface area contributed by atoms with Crippen LogP contribution in [0.3, 0.4) is 0 Å². The summed E-state index contributed by atoms with van der Waals surface area (Å²) in [6.07, 6.45) is 0. The maximum absolute atomic E-state index is 12.2. The van der Waals surface area contributed by atoms with Crippen molar-refractivity contribution in [1.82, 2.24) is 0 Å². The fourth-order valence-corrected chi connectivity index (χ4v) is 2.56. The molecule has 0 aliphatic carbocycles. The van der Waals surface area contributed by atoms with Gasteiger partial charge < -0.3 is 15.8 Å². The van der Waals surface area contributed by atoms with E-state index in [-0.39, 0.29) is 17.5 Å². The largest absolute Gasteiger partial charge is 0.483 e. The molecule has 0 spiro atoms. The molecule has 0 atom stereocenters. The van der Waals surface area contributed by atoms with Crippen LogP contribution in [0.1, 0.15) is 36.5 Å². The lowest BCUT2D eigenvalue weighted by atomic mass is 10.0. The van der Waals surface area contributed by atoms with Gasteiger partial charge in [-0.25, -0.2) is 0 Å². The number of hydrogen-bond acceptors (Lipinski definition) is 3. The zero-order chi connectivity index (χ0) is 17.7. The van der Waals surface area contributed by atoms with Crippen molar-refractivity contribution in [2.75, 3.05) is 11.9 Å². The fourth-order valence-electron chi connectivity index (χ4n) is 2.38. The SMILES string of the molecule is Cc1ccc(C(C)C)c(OCC(=O)Nc2ccccc2C(N)=S)c1. The molecular formula is C19H22N2O2S. The molecule has 0 fully saturated rings. The molecule has 0 unspecified atom stereocenters. The topological polar surface area (TPSA) is 64.3 Å². The molecule has 2 aromatic rings. The number of benzene rings is 2. The molecule has 4 nitrogen and oxygen atoms in total. The first-order chi connectivity index (χ1) is 11.4. The normalized spacial score (nSPS) is 10.5. The van der Waals surface area contributed by atoms with Gasteiger partial charge in [0.15, 0.2) is 6.61 Å². The number of amides is 1. The summed E-state index contributed by atoms with van der Waals surface area (Å²) < 4.78 is 5.74. The third-order valence-electron chi connectivity index (χ3n) is 3.62. The number of carbonyl (C=O) groups excluding carboxylic acids is 1. The van der Waals surface area contributed by atoms with Crippen molar-refractivity contribution < 1.29 is 9.53 Å². The Morgan fingerprint density at radius 3 is 2.62 bits per heavy atom. The molecule has 0 radical (unpaired) electrons. The lowest BCUT2D eigenvalue weighted by Gasteiger charge is -2.15. The van der Waals surface area contributed by atoms with Crippen LogP contribution in [0.25, 0.3) is 0 Å². The summed E-state index contributed by atoms with van der Waals surface area (Å²) in [6, 6.07) is 13.2. The second-order valence-corrected chi connectivity index (χ2v) is 6.38. The third kappa shape index (κ3) is 4.55. The van der Waals surface area contributed by atoms with E-state index in [0.29, 0.717) is 17.2 Å². The standard InChI is InChI=1S/C19H22N2O2S/c1-12(2)14-9-8-13(3)10-17(14)23-11-18(22)21-16-7-5-4-6-15(16)19(20)24/h4-10,12H,11H2,1-3H3,(H2,20,24)(H,21,22). The molecule has 0 aromatic heterocycles. The van der Waals surface area contributed by atoms with Gasteiger partial charge in [0.25, 0.3) is 5.91 Å². The first-order valence-electron chi connectivity index (χ1n) is 7.80. The van der Waals surface area contributed by atoms with Crippen molar-refractivity contribution in [1.29, 1.82) is 0 Å². The van der Waals surface area contributed by atoms with Crippen LogP contribution >= 0.6 is 12.2 Å². The molecular weight excluding hydrogens is 320 g/mol. The molecule has 0 saturated carbocycles. The number of ether oxygens (including phenoxy) is 1. The van der Waals surface area contributed by atoms with Crippen molar-refractivity contribution in [3.05, 3.63) is 59.2 Å². The number of para-hydroxylation sites is 1. The molecule has 0 aliphatic rings. The molecule has 126 valence electrons. The highest BCUT2D eigenvalue weighted by atomic mass is 32.1. The minimum Gasteiger partial charge on any atom is -0.483 e. The van der Waals surface area contributed by atoms with E-state index < -0.39 is 0 Å². The van der Waals surface area contributed by atoms with E-state index in [9.17, 15) is 4.79 Å². The van der Waals surface area contributed by atoms with Crippen molar-refractivity contribution in [2.24, 2.45) is 5.73 Å². The predicted octanol–water partition coefficient (Wildman–Crippen LogP) is 3.77. The third-order valence-corrected chi connectivity index (χ3v) is 3.84. The fraction of sp³-hybridized carbons (Fsp3) is 0.263. The summed E-state index contributed by atoms with van der Waals surface area (Å²) in [5.41, 5.74) is 9.07. The molecule has 1 amide bonds. The van der Waals surface area contributed by atoms with Crippen LogP contribution in [0.2, 0.25) is 0 Å². The Labute approximate surface area is 148 Å². The Kier molecular flexibility index (Phi) is 5.93. The highest BCUT2D eigenvalue weighted by molar-refractivity contribution is 7.80. The zero-order valence-corrected chi connectivity index (χ0v) is 14.9. The number of nitrogens with two attached hydrogens (primary N) is 1. The van der Waals surface area contributed by atoms with E-state index in [0.717, 1.165) is 16.9 Å². The maximum atomic E-state index is 12.2. The molecule has 5 heteroatoms. The first kappa shape index (κ1) is 17.9. The molecule has 2 aromatic carbocycles. The molecule has 0 aliphatic heterocycles. The van der Waals surface area contributed by atoms with Gasteiger partial charge in [-0.2, -0.15) is 0 Å². The summed E-state index contributed by atoms with van der Waals surface area (Å²) in [5, 5.41) is 2.79. The summed E-state index contributed by atoms with van der Waals surface area (Å²) in [6.45, 7) is 6.11. The smallest absolute Gasteiger partial charge is 0.262 e. The Bertz CT molecular complexity index is 757. The summed E-state index contributed by atoms with van der Waals surface area (Å²) >= 11 is 5.00. The van der Waals surface area contributed by atoms with Gasteiger partial charge in [0, 0.05) is 5.56 Å². The van der Waals surface area contributed by atoms with Crippen LogP contribution in [-0.4, -0.2) is 17.5 Å². The predicted molar refractivity (Wildman–Crippen MR) is 102 cm³/mol. The van der Waals surface area contributed by atoms with Gasteiger partial charge in [0.2, 0.25) is 0 Å². The molecule has 2 rings (SSSR count). The van der Waals surface area contributed by atoms with Crippen molar-refractivity contribution in [3.8, 4) is 5.75 Å². The number of nitrogens with one attached hydrogen (secondary N) is 1. The zero-order valence-electron chi connectivity index (χ0n) is 14.1. The van der Waals surface area contributed by atoms with Gasteiger partial charge in [-0.05, 0) is 42.2 Å². The molecule has 24 heavy (non-hydrogen) atoms. The van der Waals surface area contributed by atoms with Gasteiger partial charge >= 0.3 is 0 Å². The monoisotopic (exact) mass is 342 g/mol. The molecule has 0 saturated heterocycles. The van der Waals surface area contributed by atoms with Crippen LogP contribution < -0.4 is 15.8 Å². The number of aryl methyl sites for hydroxylation is 1. The van der Waals surface area contributed by atoms with Crippen LogP contribution in [0.15, 0.2) is 42.5 Å². The van der Waals surface area contributed by atoms with E-state index in [2.05, 4.69) is 19.2 Å². The number of thiocarbonyl (C=S) groups is 1. The van der Waals surface area contributed by atoms with E-state index in [1.54, 1.807) is 12.1 Å². The maximum Gasteiger partial charge on any atom is 0.262 e. The van der Waals surface area contributed by atoms with Crippen LogP contribution in [-0.2, 0) is 4.79 Å². The highest BCUT2D eigenvalue weighted by Crippen LogP contribution is 2.27. The summed E-state index contributed by atoms with van der Waals surface area (Å²) in [5.74, 6) is 0.802. The van der Waals surface area contributed by atoms with Crippen molar-refractivity contribution in [3.63, 3.8) is 0 Å². The number of carbonyl (C=O) groups is 1. The Balaban J connectivity index is 2.07. The first-order valence-corrected chi connectivity index (χ1v) is 8.21. The average molecular weight is 342 g/mol. The summed E-state index contributed by atoms with van der Waals surface area (Å²) in [7, 11) is 0. The van der Waals surface area contributed by atoms with Crippen LogP contribution in [0.5, 0.6) is 5.75 Å². The Hall–Kier alpha value is -2.40. The number of anilines is 1. The lowest BCUT2D eigenvalue weighted by molar-refractivity contribution is -0.118. The van der Waals surface area contributed by atoms with Crippen molar-refractivity contribution in [2.45, 2.75) is 26.7 Å². The van der Waals surface area contributed by atoms with E-state index in [1.165, 1.54) is 0 Å². The van der Waals surface area contributed by atoms with E-state index in [4.69, 9.17) is 22.7 Å². The second kappa shape index (κ2) is 7.93. The molecule has 0 bridgehead atoms. The van der Waals surface area contributed by atoms with Gasteiger partial charge in [-0.15, -0.1) is 0 Å². The second-order valence-electron chi connectivity index (χ2n) is 5.94. The highest BCUT2D eigenvalue weighted by Gasteiger charge is 2.12. The lowest BCUT2D eigenvalue weighted by Crippen LogP contribution is -2.23. The number of hydrogen-bond donors (Lipinski definition) is 2. The molecule has 3 N–H and O–H groups in total. The molecule has 0 heterocycles. The van der Waals surface area contributed by atoms with Crippen LogP contribution in [0, 0.1) is 6.92 Å². The van der Waals surface area contributed by atoms with Gasteiger partial charge in [-0.3, -0.25) is 4.79 Å². The van der Waals surface area contributed by atoms with Gasteiger partial charge in [-0.1, -0.05) is 50.3 Å². The van der Waals surface area contributed by atoms with Crippen LogP contribution in [0.4, 0.5) is 5.69 Å². The minimum atomic E-state index is -0.255. The summed E-state index contributed by atoms with van der Waals surface area (Å²) in [4.78, 5) is 12.4. The quantitative estimate of drug-likeness (QED) is 0.784. The van der Waals surface area contributed by atoms with E-state index in [1.807, 2.05) is 37.3 Å². The number of rotatable bonds is 6. The Morgan fingerprint density at radius 1 is 1.25 bits per heavy atom. The Morgan fingerprint density at radius 2 is 1.96 bits per heavy atom.